The maximum absolute atomic E-state index is 12.4. The molecule has 0 bridgehead atoms. The average Bonchev–Trinajstić information content (AvgIpc) is 3.13. The molecule has 0 spiro atoms. The molecular formula is C20H21N3O4. The average molecular weight is 367 g/mol. The third-order valence-electron chi connectivity index (χ3n) is 4.84. The van der Waals surface area contributed by atoms with E-state index in [-0.39, 0.29) is 12.0 Å². The fourth-order valence-corrected chi connectivity index (χ4v) is 3.35. The van der Waals surface area contributed by atoms with Crippen molar-refractivity contribution in [2.24, 2.45) is 0 Å². The molecule has 0 saturated carbocycles. The van der Waals surface area contributed by atoms with Crippen molar-refractivity contribution < 1.29 is 19.1 Å². The van der Waals surface area contributed by atoms with Gasteiger partial charge in [0.2, 0.25) is 5.88 Å². The molecule has 7 nitrogen and oxygen atoms in total. The molecule has 2 aliphatic heterocycles. The van der Waals surface area contributed by atoms with Gasteiger partial charge in [0.15, 0.2) is 0 Å². The first-order valence-electron chi connectivity index (χ1n) is 8.94. The van der Waals surface area contributed by atoms with Crippen LogP contribution in [0.2, 0.25) is 0 Å². The largest absolute Gasteiger partial charge is 0.439 e. The van der Waals surface area contributed by atoms with Crippen LogP contribution < -0.4 is 15.0 Å². The van der Waals surface area contributed by atoms with Crippen molar-refractivity contribution in [2.75, 3.05) is 4.90 Å². The van der Waals surface area contributed by atoms with E-state index in [0.29, 0.717) is 23.9 Å². The predicted molar refractivity (Wildman–Crippen MR) is 98.7 cm³/mol. The van der Waals surface area contributed by atoms with Crippen LogP contribution in [0.5, 0.6) is 11.6 Å². The van der Waals surface area contributed by atoms with Crippen LogP contribution in [0, 0.1) is 0 Å². The van der Waals surface area contributed by atoms with E-state index < -0.39 is 11.6 Å². The molecule has 1 atom stereocenters. The summed E-state index contributed by atoms with van der Waals surface area (Å²) >= 11 is 0. The smallest absolute Gasteiger partial charge is 0.329 e. The number of nitrogens with zero attached hydrogens (tertiary/aromatic N) is 2. The monoisotopic (exact) mass is 367 g/mol. The molecule has 2 aromatic rings. The Kier molecular flexibility index (Phi) is 4.11. The van der Waals surface area contributed by atoms with Crippen molar-refractivity contribution in [3.8, 4) is 11.6 Å². The number of imide groups is 1. The highest BCUT2D eigenvalue weighted by atomic mass is 16.5. The first kappa shape index (κ1) is 17.5. The molecule has 27 heavy (non-hydrogen) atoms. The highest BCUT2D eigenvalue weighted by Gasteiger charge is 2.45. The predicted octanol–water partition coefficient (Wildman–Crippen LogP) is 3.69. The fraction of sp³-hybridized carbons (Fsp3) is 0.350. The molecule has 1 saturated heterocycles. The number of amides is 3. The van der Waals surface area contributed by atoms with Gasteiger partial charge >= 0.3 is 6.03 Å². The minimum absolute atomic E-state index is 0.0990. The maximum atomic E-state index is 12.4. The van der Waals surface area contributed by atoms with Gasteiger partial charge in [-0.25, -0.2) is 14.7 Å². The number of anilines is 1. The number of carbonyl (C=O) groups is 2. The van der Waals surface area contributed by atoms with Crippen LogP contribution in [0.4, 0.5) is 10.5 Å². The Hall–Kier alpha value is -2.93. The Morgan fingerprint density at radius 1 is 1.30 bits per heavy atom. The SMILES string of the molecule is CCC1OCc2ccc(Oc3ccc(N4C(=O)NC(C)(C)C4=O)cn3)cc21. The highest BCUT2D eigenvalue weighted by Crippen LogP contribution is 2.36. The van der Waals surface area contributed by atoms with Gasteiger partial charge in [0.05, 0.1) is 24.6 Å². The van der Waals surface area contributed by atoms with Crippen LogP contribution in [0.3, 0.4) is 0 Å². The Bertz CT molecular complexity index is 908. The first-order chi connectivity index (χ1) is 12.9. The normalized spacial score (nSPS) is 20.6. The zero-order valence-corrected chi connectivity index (χ0v) is 15.5. The Labute approximate surface area is 157 Å². The van der Waals surface area contributed by atoms with Crippen LogP contribution in [-0.2, 0) is 16.1 Å². The molecule has 3 amide bonds. The maximum Gasteiger partial charge on any atom is 0.329 e. The lowest BCUT2D eigenvalue weighted by Gasteiger charge is -2.16. The molecule has 1 fully saturated rings. The van der Waals surface area contributed by atoms with E-state index in [9.17, 15) is 9.59 Å². The number of nitrogens with one attached hydrogen (secondary N) is 1. The number of benzene rings is 1. The van der Waals surface area contributed by atoms with E-state index in [1.165, 1.54) is 11.8 Å². The minimum Gasteiger partial charge on any atom is -0.439 e. The van der Waals surface area contributed by atoms with Crippen LogP contribution in [-0.4, -0.2) is 22.5 Å². The van der Waals surface area contributed by atoms with Gasteiger partial charge in [-0.15, -0.1) is 0 Å². The molecule has 3 heterocycles. The number of hydrogen-bond donors (Lipinski definition) is 1. The highest BCUT2D eigenvalue weighted by molar-refractivity contribution is 6.22. The Morgan fingerprint density at radius 3 is 2.74 bits per heavy atom. The second kappa shape index (κ2) is 6.35. The molecule has 1 N–H and O–H groups in total. The first-order valence-corrected chi connectivity index (χ1v) is 8.94. The number of hydrogen-bond acceptors (Lipinski definition) is 5. The quantitative estimate of drug-likeness (QED) is 0.834. The summed E-state index contributed by atoms with van der Waals surface area (Å²) in [6.45, 7) is 6.05. The molecule has 7 heteroatoms. The topological polar surface area (TPSA) is 80.8 Å². The molecular weight excluding hydrogens is 346 g/mol. The van der Waals surface area contributed by atoms with E-state index in [1.54, 1.807) is 26.0 Å². The van der Waals surface area contributed by atoms with Crippen molar-refractivity contribution >= 4 is 17.6 Å². The van der Waals surface area contributed by atoms with Crippen molar-refractivity contribution in [2.45, 2.75) is 45.4 Å². The summed E-state index contributed by atoms with van der Waals surface area (Å²) in [5, 5.41) is 2.65. The second-order valence-electron chi connectivity index (χ2n) is 7.22. The summed E-state index contributed by atoms with van der Waals surface area (Å²) in [5.41, 5.74) is 1.81. The zero-order chi connectivity index (χ0) is 19.2. The van der Waals surface area contributed by atoms with E-state index in [0.717, 1.165) is 16.9 Å². The fourth-order valence-electron chi connectivity index (χ4n) is 3.35. The molecule has 1 aromatic heterocycles. The van der Waals surface area contributed by atoms with Crippen molar-refractivity contribution in [1.82, 2.24) is 10.3 Å². The summed E-state index contributed by atoms with van der Waals surface area (Å²) in [6.07, 6.45) is 2.47. The van der Waals surface area contributed by atoms with Gasteiger partial charge in [-0.05, 0) is 49.6 Å². The lowest BCUT2D eigenvalue weighted by atomic mass is 10.0. The third-order valence-corrected chi connectivity index (χ3v) is 4.84. The Balaban J connectivity index is 1.52. The summed E-state index contributed by atoms with van der Waals surface area (Å²) < 4.78 is 11.6. The number of pyridine rings is 1. The van der Waals surface area contributed by atoms with Crippen molar-refractivity contribution in [3.63, 3.8) is 0 Å². The molecule has 0 aliphatic carbocycles. The van der Waals surface area contributed by atoms with E-state index in [1.807, 2.05) is 18.2 Å². The summed E-state index contributed by atoms with van der Waals surface area (Å²) in [4.78, 5) is 29.8. The number of fused-ring (bicyclic) bond motifs is 1. The molecule has 140 valence electrons. The summed E-state index contributed by atoms with van der Waals surface area (Å²) in [7, 11) is 0. The Morgan fingerprint density at radius 2 is 2.11 bits per heavy atom. The molecule has 2 aliphatic rings. The van der Waals surface area contributed by atoms with Crippen LogP contribution in [0.25, 0.3) is 0 Å². The number of urea groups is 1. The molecule has 1 unspecified atom stereocenters. The molecule has 1 aromatic carbocycles. The minimum atomic E-state index is -0.922. The van der Waals surface area contributed by atoms with E-state index >= 15 is 0 Å². The van der Waals surface area contributed by atoms with Gasteiger partial charge in [-0.1, -0.05) is 13.0 Å². The lowest BCUT2D eigenvalue weighted by Crippen LogP contribution is -2.40. The van der Waals surface area contributed by atoms with Crippen molar-refractivity contribution in [3.05, 3.63) is 47.7 Å². The molecule has 0 radical (unpaired) electrons. The van der Waals surface area contributed by atoms with E-state index in [4.69, 9.17) is 9.47 Å². The van der Waals surface area contributed by atoms with Gasteiger partial charge in [0, 0.05) is 6.07 Å². The van der Waals surface area contributed by atoms with Crippen LogP contribution in [0.15, 0.2) is 36.5 Å². The second-order valence-corrected chi connectivity index (χ2v) is 7.22. The van der Waals surface area contributed by atoms with Crippen LogP contribution in [0.1, 0.15) is 44.4 Å². The van der Waals surface area contributed by atoms with Gasteiger partial charge in [-0.3, -0.25) is 4.79 Å². The van der Waals surface area contributed by atoms with Crippen molar-refractivity contribution in [1.29, 1.82) is 0 Å². The third kappa shape index (κ3) is 3.04. The van der Waals surface area contributed by atoms with Gasteiger partial charge in [0.25, 0.3) is 5.91 Å². The zero-order valence-electron chi connectivity index (χ0n) is 15.5. The number of carbonyl (C=O) groups excluding carboxylic acids is 2. The number of ether oxygens (including phenoxy) is 2. The van der Waals surface area contributed by atoms with Gasteiger partial charge < -0.3 is 14.8 Å². The lowest BCUT2D eigenvalue weighted by molar-refractivity contribution is -0.121. The van der Waals surface area contributed by atoms with E-state index in [2.05, 4.69) is 17.2 Å². The van der Waals surface area contributed by atoms with Crippen LogP contribution >= 0.6 is 0 Å². The summed E-state index contributed by atoms with van der Waals surface area (Å²) in [5.74, 6) is 0.748. The standard InChI is InChI=1S/C20H21N3O4/c1-4-16-15-9-14(7-5-12(15)11-26-16)27-17-8-6-13(10-21-17)23-18(24)20(2,3)22-19(23)25/h5-10,16H,4,11H2,1-3H3,(H,22,25). The van der Waals surface area contributed by atoms with Gasteiger partial charge in [0.1, 0.15) is 11.3 Å². The summed E-state index contributed by atoms with van der Waals surface area (Å²) in [6, 6.07) is 8.70. The number of rotatable bonds is 4. The number of aromatic nitrogens is 1. The van der Waals surface area contributed by atoms with Gasteiger partial charge in [-0.2, -0.15) is 0 Å². The molecule has 4 rings (SSSR count).